The van der Waals surface area contributed by atoms with Crippen molar-refractivity contribution in [2.24, 2.45) is 0 Å². The van der Waals surface area contributed by atoms with Crippen molar-refractivity contribution in [3.63, 3.8) is 0 Å². The second kappa shape index (κ2) is 6.92. The third-order valence-corrected chi connectivity index (χ3v) is 4.03. The Balaban J connectivity index is 1.81. The smallest absolute Gasteiger partial charge is 0.379 e. The first-order valence-electron chi connectivity index (χ1n) is 7.25. The highest BCUT2D eigenvalue weighted by molar-refractivity contribution is 4.93. The van der Waals surface area contributed by atoms with E-state index >= 15 is 0 Å². The molecule has 130 valence electrons. The normalized spacial score (nSPS) is 29.7. The highest BCUT2D eigenvalue weighted by Gasteiger charge is 2.62. The van der Waals surface area contributed by atoms with E-state index in [9.17, 15) is 26.3 Å². The largest absolute Gasteiger partial charge is 0.425 e. The fraction of sp³-hybridized carbons (Fsp3) is 1.00. The van der Waals surface area contributed by atoms with Gasteiger partial charge < -0.3 is 9.47 Å². The summed E-state index contributed by atoms with van der Waals surface area (Å²) in [5.74, 6) is -4.55. The van der Waals surface area contributed by atoms with Gasteiger partial charge in [-0.1, -0.05) is 0 Å². The summed E-state index contributed by atoms with van der Waals surface area (Å²) in [6.07, 6.45) is -12.0. The van der Waals surface area contributed by atoms with Crippen LogP contribution < -0.4 is 0 Å². The molecule has 0 N–H and O–H groups in total. The fourth-order valence-electron chi connectivity index (χ4n) is 2.73. The minimum Gasteiger partial charge on any atom is -0.379 e. The lowest BCUT2D eigenvalue weighted by atomic mass is 10.0. The zero-order valence-electron chi connectivity index (χ0n) is 11.9. The number of hydrogen-bond acceptors (Lipinski definition) is 3. The van der Waals surface area contributed by atoms with Crippen LogP contribution in [0.25, 0.3) is 0 Å². The summed E-state index contributed by atoms with van der Waals surface area (Å²) >= 11 is 0. The lowest BCUT2D eigenvalue weighted by Crippen LogP contribution is -2.49. The molecule has 0 aromatic rings. The van der Waals surface area contributed by atoms with Crippen LogP contribution in [0.5, 0.6) is 0 Å². The van der Waals surface area contributed by atoms with Crippen molar-refractivity contribution in [2.75, 3.05) is 32.8 Å². The highest BCUT2D eigenvalue weighted by atomic mass is 19.4. The topological polar surface area (TPSA) is 21.7 Å². The first kappa shape index (κ1) is 17.8. The van der Waals surface area contributed by atoms with E-state index in [0.29, 0.717) is 26.2 Å². The lowest BCUT2D eigenvalue weighted by molar-refractivity contribution is -0.270. The number of nitrogens with zero attached hydrogens (tertiary/aromatic N) is 1. The second-order valence-electron chi connectivity index (χ2n) is 5.65. The number of alkyl halides is 6. The second-order valence-corrected chi connectivity index (χ2v) is 5.65. The number of halogens is 6. The minimum absolute atomic E-state index is 0.217. The molecule has 3 atom stereocenters. The average Bonchev–Trinajstić information content (AvgIpc) is 2.94. The first-order chi connectivity index (χ1) is 10.2. The predicted molar refractivity (Wildman–Crippen MR) is 65.7 cm³/mol. The molecule has 2 aliphatic heterocycles. The van der Waals surface area contributed by atoms with Crippen molar-refractivity contribution in [3.05, 3.63) is 0 Å². The molecule has 0 aromatic carbocycles. The molecule has 2 saturated heterocycles. The van der Waals surface area contributed by atoms with E-state index in [1.807, 2.05) is 0 Å². The molecule has 2 heterocycles. The van der Waals surface area contributed by atoms with Gasteiger partial charge in [0.2, 0.25) is 0 Å². The maximum absolute atomic E-state index is 13.5. The molecule has 9 heteroatoms. The van der Waals surface area contributed by atoms with Gasteiger partial charge in [0.15, 0.2) is 0 Å². The van der Waals surface area contributed by atoms with Gasteiger partial charge in [-0.25, -0.2) is 13.2 Å². The molecule has 0 saturated carbocycles. The van der Waals surface area contributed by atoms with Gasteiger partial charge in [0.1, 0.15) is 6.10 Å². The number of ether oxygens (including phenoxy) is 2. The van der Waals surface area contributed by atoms with E-state index in [4.69, 9.17) is 9.47 Å². The zero-order valence-corrected chi connectivity index (χ0v) is 11.9. The van der Waals surface area contributed by atoms with E-state index in [1.165, 1.54) is 0 Å². The third-order valence-electron chi connectivity index (χ3n) is 4.03. The van der Waals surface area contributed by atoms with Crippen LogP contribution in [-0.4, -0.2) is 68.2 Å². The van der Waals surface area contributed by atoms with Gasteiger partial charge in [-0.15, -0.1) is 0 Å². The van der Waals surface area contributed by atoms with Gasteiger partial charge in [-0.3, -0.25) is 4.90 Å². The van der Waals surface area contributed by atoms with Crippen LogP contribution in [0.15, 0.2) is 0 Å². The maximum atomic E-state index is 13.5. The van der Waals surface area contributed by atoms with E-state index < -0.39 is 30.5 Å². The highest BCUT2D eigenvalue weighted by Crippen LogP contribution is 2.42. The molecule has 0 amide bonds. The summed E-state index contributed by atoms with van der Waals surface area (Å²) in [5.41, 5.74) is 0. The maximum Gasteiger partial charge on any atom is 0.425 e. The number of morpholine rings is 1. The Bertz CT molecular complexity index is 359. The summed E-state index contributed by atoms with van der Waals surface area (Å²) < 4.78 is 86.7. The first-order valence-corrected chi connectivity index (χ1v) is 7.25. The molecule has 2 fully saturated rings. The van der Waals surface area contributed by atoms with Crippen molar-refractivity contribution < 1.29 is 35.8 Å². The van der Waals surface area contributed by atoms with Crippen LogP contribution in [0.3, 0.4) is 0 Å². The quantitative estimate of drug-likeness (QED) is 0.721. The van der Waals surface area contributed by atoms with Gasteiger partial charge >= 0.3 is 12.1 Å². The molecule has 0 radical (unpaired) electrons. The molecule has 2 aliphatic rings. The lowest BCUT2D eigenvalue weighted by Gasteiger charge is -2.29. The Morgan fingerprint density at radius 1 is 1.05 bits per heavy atom. The molecule has 2 rings (SSSR count). The van der Waals surface area contributed by atoms with E-state index in [2.05, 4.69) is 4.90 Å². The van der Waals surface area contributed by atoms with Gasteiger partial charge in [0, 0.05) is 19.6 Å². The monoisotopic (exact) mass is 335 g/mol. The molecule has 0 aliphatic carbocycles. The van der Waals surface area contributed by atoms with Gasteiger partial charge in [0.25, 0.3) is 6.17 Å². The Labute approximate surface area is 124 Å². The molecule has 3 nitrogen and oxygen atoms in total. The van der Waals surface area contributed by atoms with E-state index in [0.717, 1.165) is 13.1 Å². The van der Waals surface area contributed by atoms with Crippen molar-refractivity contribution >= 4 is 0 Å². The van der Waals surface area contributed by atoms with Crippen LogP contribution in [0.2, 0.25) is 0 Å². The molecular formula is C13H19F6NO2. The summed E-state index contributed by atoms with van der Waals surface area (Å²) in [4.78, 5) is 2.08. The van der Waals surface area contributed by atoms with Gasteiger partial charge in [-0.05, 0) is 19.3 Å². The van der Waals surface area contributed by atoms with Crippen molar-refractivity contribution in [3.8, 4) is 0 Å². The molecule has 0 aromatic heterocycles. The van der Waals surface area contributed by atoms with Gasteiger partial charge in [0.05, 0.1) is 19.3 Å². The Morgan fingerprint density at radius 2 is 1.68 bits per heavy atom. The Hall–Kier alpha value is -0.540. The Kier molecular flexibility index (Phi) is 5.60. The molecule has 0 bridgehead atoms. The number of hydrogen-bond donors (Lipinski definition) is 0. The van der Waals surface area contributed by atoms with Crippen LogP contribution in [0.4, 0.5) is 26.3 Å². The van der Waals surface area contributed by atoms with Gasteiger partial charge in [-0.2, -0.15) is 13.2 Å². The third kappa shape index (κ3) is 4.26. The van der Waals surface area contributed by atoms with Crippen LogP contribution in [0, 0.1) is 0 Å². The molecular weight excluding hydrogens is 316 g/mol. The fourth-order valence-corrected chi connectivity index (χ4v) is 2.73. The summed E-state index contributed by atoms with van der Waals surface area (Å²) in [7, 11) is 0. The Morgan fingerprint density at radius 3 is 2.27 bits per heavy atom. The summed E-state index contributed by atoms with van der Waals surface area (Å²) in [5, 5.41) is 0. The van der Waals surface area contributed by atoms with Crippen molar-refractivity contribution in [2.45, 2.75) is 49.7 Å². The average molecular weight is 335 g/mol. The van der Waals surface area contributed by atoms with Crippen molar-refractivity contribution in [1.29, 1.82) is 0 Å². The standard InChI is InChI=1S/C13H19F6NO2/c14-11(13(17,18)19)12(15,16)10-2-1-9(22-10)3-4-20-5-7-21-8-6-20/h9-11H,1-8H2. The summed E-state index contributed by atoms with van der Waals surface area (Å²) in [6, 6.07) is 0. The molecule has 0 spiro atoms. The van der Waals surface area contributed by atoms with Crippen LogP contribution >= 0.6 is 0 Å². The minimum atomic E-state index is -5.58. The zero-order chi connectivity index (χ0) is 16.4. The van der Waals surface area contributed by atoms with E-state index in [1.54, 1.807) is 0 Å². The van der Waals surface area contributed by atoms with Crippen LogP contribution in [-0.2, 0) is 9.47 Å². The summed E-state index contributed by atoms with van der Waals surface area (Å²) in [6.45, 7) is 3.26. The molecule has 22 heavy (non-hydrogen) atoms. The van der Waals surface area contributed by atoms with E-state index in [-0.39, 0.29) is 12.8 Å². The SMILES string of the molecule is FC(C(F)(F)F)C(F)(F)C1CCC(CCN2CCOCC2)O1. The number of rotatable bonds is 5. The van der Waals surface area contributed by atoms with Crippen LogP contribution in [0.1, 0.15) is 19.3 Å². The predicted octanol–water partition coefficient (Wildman–Crippen LogP) is 2.79. The van der Waals surface area contributed by atoms with Crippen molar-refractivity contribution in [1.82, 2.24) is 4.90 Å². The molecule has 3 unspecified atom stereocenters.